The average molecular weight is 2000 g/mol. The lowest BCUT2D eigenvalue weighted by Crippen LogP contribution is -2.41. The van der Waals surface area contributed by atoms with Gasteiger partial charge in [0.1, 0.15) is 55.8 Å². The molecule has 0 bridgehead atoms. The van der Waals surface area contributed by atoms with Crippen LogP contribution in [0.1, 0.15) is 64.2 Å². The Morgan fingerprint density at radius 3 is 1.05 bits per heavy atom. The standard InChI is InChI=1S/C29H36N6O4S.C28H34N6O3.C27H32N6O3.C25H28N6O2/c1-38-25-15-24(16-26(18-25)39-2)35(12-6-11-33-9-4-5-10-33)23-7-8-27-28(17-23)32-29(20-30-27)22-19-31-34(21-22)13-14-40(3,36)37;1-32-17-20(15-30-32)28-16-29-26-8-7-21(13-27(26)31-28)34(19-23(35)18-33-9-5-4-6-10-33)22-11-24(36-2)14-25(12-22)37-3;1-31-17-19(15-29-31)27-16-28-25-6-5-20(13-26(25)30-27)33(9-4-8-32-10-7-22(34)18-32)21-11-23(35-2)14-24(12-21)36-3;1-30-16-17(14-28-30)25-15-27-23-7-6-19(12-24(23)29-25)31(9-8-26-18-4-5-18)20-10-21(32-2)13-22(11-20)33-3/h7-8,15-21H,4-6,9-14H2,1-3H3;7-8,11-17,23,35H,4-6,9-10,18-19H2,1-3H3;5-6,11-17,22,34H,4,7-10,18H2,1-3H3;6-7,10-16,18,26H,4-5,8-9H2,1-3H3. The van der Waals surface area contributed by atoms with Gasteiger partial charge in [0.2, 0.25) is 0 Å². The van der Waals surface area contributed by atoms with Crippen molar-refractivity contribution in [2.45, 2.75) is 89.0 Å². The smallest absolute Gasteiger partial charge is 0.149 e. The van der Waals surface area contributed by atoms with E-state index in [1.165, 1.54) is 64.3 Å². The second kappa shape index (κ2) is 48.3. The number of hydrogen-bond acceptors (Lipinski definition) is 32. The molecule has 11 heterocycles. The number of anilines is 8. The molecule has 1 aliphatic carbocycles. The van der Waals surface area contributed by atoms with Crippen LogP contribution in [-0.2, 0) is 37.5 Å². The largest absolute Gasteiger partial charge is 0.497 e. The summed E-state index contributed by atoms with van der Waals surface area (Å²) in [4.78, 5) is 54.1. The normalized spacial score (nSPS) is 14.6. The van der Waals surface area contributed by atoms with E-state index in [2.05, 4.69) is 116 Å². The molecule has 20 rings (SSSR count). The second-order valence-electron chi connectivity index (χ2n) is 37.1. The van der Waals surface area contributed by atoms with Crippen molar-refractivity contribution in [3.05, 3.63) is 220 Å². The summed E-state index contributed by atoms with van der Waals surface area (Å²) in [5.74, 6) is 5.84. The molecule has 8 aromatic heterocycles. The number of aromatic nitrogens is 16. The summed E-state index contributed by atoms with van der Waals surface area (Å²) in [5, 5.41) is 41.8. The number of aryl methyl sites for hydroxylation is 4. The number of aliphatic hydroxyl groups excluding tert-OH is 2. The lowest BCUT2D eigenvalue weighted by molar-refractivity contribution is 0.107. The molecular formula is C109H130N24O12S. The lowest BCUT2D eigenvalue weighted by atomic mass is 10.1. The molecule has 4 aliphatic rings. The molecule has 2 atom stereocenters. The van der Waals surface area contributed by atoms with Crippen LogP contribution in [0.3, 0.4) is 0 Å². The first-order chi connectivity index (χ1) is 71.0. The molecule has 37 heteroatoms. The summed E-state index contributed by atoms with van der Waals surface area (Å²) >= 11 is 0. The van der Waals surface area contributed by atoms with Crippen molar-refractivity contribution in [3.63, 3.8) is 0 Å². The Balaban J connectivity index is 0.000000133. The number of β-amino-alcohol motifs (C(OH)–C–C–N with tert-alkyl or cyclic N) is 2. The Bertz CT molecular complexity index is 7120. The number of benzene rings is 8. The first-order valence-electron chi connectivity index (χ1n) is 49.5. The number of piperidine rings is 1. The number of methoxy groups -OCH3 is 8. The van der Waals surface area contributed by atoms with E-state index in [4.69, 9.17) is 57.8 Å². The minimum absolute atomic E-state index is 0.0313. The summed E-state index contributed by atoms with van der Waals surface area (Å²) < 4.78 is 74.3. The number of ether oxygens (including phenoxy) is 8. The monoisotopic (exact) mass is 2000 g/mol. The molecule has 2 unspecified atom stereocenters. The van der Waals surface area contributed by atoms with E-state index in [1.807, 2.05) is 149 Å². The van der Waals surface area contributed by atoms with E-state index in [0.29, 0.717) is 42.9 Å². The number of nitrogens with zero attached hydrogens (tertiary/aromatic N) is 23. The van der Waals surface area contributed by atoms with E-state index in [1.54, 1.807) is 131 Å². The maximum Gasteiger partial charge on any atom is 0.149 e. The van der Waals surface area contributed by atoms with Crippen LogP contribution in [0.5, 0.6) is 46.0 Å². The van der Waals surface area contributed by atoms with Gasteiger partial charge in [-0.1, -0.05) is 6.42 Å². The first kappa shape index (κ1) is 103. The van der Waals surface area contributed by atoms with Gasteiger partial charge in [0.05, 0.1) is 204 Å². The van der Waals surface area contributed by atoms with Crippen LogP contribution in [0, 0.1) is 0 Å². The number of likely N-dealkylation sites (tertiary alicyclic amines) is 3. The van der Waals surface area contributed by atoms with Gasteiger partial charge in [-0.3, -0.25) is 38.7 Å². The molecule has 8 aromatic carbocycles. The van der Waals surface area contributed by atoms with Crippen LogP contribution in [-0.4, -0.2) is 291 Å². The van der Waals surface area contributed by atoms with E-state index >= 15 is 0 Å². The van der Waals surface area contributed by atoms with Crippen molar-refractivity contribution < 1.29 is 56.5 Å². The van der Waals surface area contributed by atoms with Crippen LogP contribution in [0.15, 0.2) is 220 Å². The van der Waals surface area contributed by atoms with Gasteiger partial charge in [-0.25, -0.2) is 28.4 Å². The average Bonchev–Trinajstić information content (AvgIpc) is 1.13. The molecule has 0 amide bonds. The molecule has 0 spiro atoms. The van der Waals surface area contributed by atoms with Crippen molar-refractivity contribution in [2.75, 3.05) is 180 Å². The quantitative estimate of drug-likeness (QED) is 0.0322. The van der Waals surface area contributed by atoms with Crippen molar-refractivity contribution in [2.24, 2.45) is 21.1 Å². The molecule has 1 saturated carbocycles. The van der Waals surface area contributed by atoms with Gasteiger partial charge in [0.15, 0.2) is 0 Å². The van der Waals surface area contributed by atoms with Crippen LogP contribution >= 0.6 is 0 Å². The molecule has 4 fully saturated rings. The van der Waals surface area contributed by atoms with E-state index in [-0.39, 0.29) is 11.9 Å². The number of sulfone groups is 1. The van der Waals surface area contributed by atoms with Gasteiger partial charge < -0.3 is 87.7 Å². The molecular weight excluding hydrogens is 1870 g/mol. The Kier molecular flexibility index (Phi) is 34.0. The maximum absolute atomic E-state index is 11.5. The molecule has 3 saturated heterocycles. The number of hydrogen-bond donors (Lipinski definition) is 3. The third-order valence-corrected chi connectivity index (χ3v) is 27.3. The van der Waals surface area contributed by atoms with Crippen LogP contribution < -0.4 is 62.8 Å². The minimum Gasteiger partial charge on any atom is -0.497 e. The Hall–Kier alpha value is -14.7. The summed E-state index contributed by atoms with van der Waals surface area (Å²) in [6.45, 7) is 12.7. The first-order valence-corrected chi connectivity index (χ1v) is 51.6. The van der Waals surface area contributed by atoms with Crippen LogP contribution in [0.4, 0.5) is 45.5 Å². The zero-order chi connectivity index (χ0) is 102. The highest BCUT2D eigenvalue weighted by Gasteiger charge is 2.28. The highest BCUT2D eigenvalue weighted by molar-refractivity contribution is 7.90. The molecule has 36 nitrogen and oxygen atoms in total. The molecule has 16 aromatic rings. The third kappa shape index (κ3) is 27.1. The van der Waals surface area contributed by atoms with E-state index < -0.39 is 15.9 Å². The van der Waals surface area contributed by atoms with Gasteiger partial charge >= 0.3 is 0 Å². The van der Waals surface area contributed by atoms with Crippen molar-refractivity contribution >= 4 is 99.5 Å². The van der Waals surface area contributed by atoms with Crippen molar-refractivity contribution in [1.29, 1.82) is 0 Å². The summed E-state index contributed by atoms with van der Waals surface area (Å²) in [5.41, 5.74) is 20.8. The lowest BCUT2D eigenvalue weighted by Gasteiger charge is -2.32. The van der Waals surface area contributed by atoms with E-state index in [0.717, 1.165) is 248 Å². The molecule has 3 aliphatic heterocycles. The second-order valence-corrected chi connectivity index (χ2v) is 39.4. The number of nitrogens with one attached hydrogen (secondary N) is 1. The predicted octanol–water partition coefficient (Wildman–Crippen LogP) is 15.8. The Labute approximate surface area is 851 Å². The fourth-order valence-electron chi connectivity index (χ4n) is 18.4. The predicted molar refractivity (Wildman–Crippen MR) is 571 cm³/mol. The highest BCUT2D eigenvalue weighted by atomic mass is 32.2. The van der Waals surface area contributed by atoms with Crippen LogP contribution in [0.25, 0.3) is 89.2 Å². The van der Waals surface area contributed by atoms with E-state index in [9.17, 15) is 18.6 Å². The van der Waals surface area contributed by atoms with Gasteiger partial charge in [-0.15, -0.1) is 0 Å². The van der Waals surface area contributed by atoms with Crippen molar-refractivity contribution in [3.8, 4) is 91.0 Å². The highest BCUT2D eigenvalue weighted by Crippen LogP contribution is 2.41. The fourth-order valence-corrected chi connectivity index (χ4v) is 19.0. The number of fused-ring (bicyclic) bond motifs is 4. The minimum atomic E-state index is -3.08. The molecule has 146 heavy (non-hydrogen) atoms. The van der Waals surface area contributed by atoms with Crippen LogP contribution in [0.2, 0.25) is 0 Å². The summed E-state index contributed by atoms with van der Waals surface area (Å²) in [6, 6.07) is 48.6. The Morgan fingerprint density at radius 1 is 0.370 bits per heavy atom. The zero-order valence-corrected chi connectivity index (χ0v) is 85.9. The number of rotatable bonds is 39. The SMILES string of the molecule is COc1cc(OC)cc(N(CC(O)CN2CCCCC2)c2ccc3ncc(-c4cnn(C)c4)nc3c2)c1.COc1cc(OC)cc(N(CCCN2CCC(O)C2)c2ccc3ncc(-c4cnn(C)c4)nc3c2)c1.COc1cc(OC)cc(N(CCCN2CCCC2)c2ccc3ncc(-c4cnn(CCS(C)(=O)=O)c4)nc3c2)c1.COc1cc(OC)cc(N(CCNC2CC2)c2ccc3ncc(-c4cnn(C)c4)nc3c2)c1. The summed E-state index contributed by atoms with van der Waals surface area (Å²) in [7, 11) is 15.8. The van der Waals surface area contributed by atoms with Gasteiger partial charge in [-0.05, 0) is 170 Å². The van der Waals surface area contributed by atoms with Gasteiger partial charge in [-0.2, -0.15) is 20.4 Å². The maximum atomic E-state index is 11.5. The fraction of sp³-hybridized carbons (Fsp3) is 0.376. The molecule has 764 valence electrons. The Morgan fingerprint density at radius 2 is 0.705 bits per heavy atom. The van der Waals surface area contributed by atoms with Gasteiger partial charge in [0, 0.05) is 245 Å². The zero-order valence-electron chi connectivity index (χ0n) is 85.1. The summed E-state index contributed by atoms with van der Waals surface area (Å²) in [6.07, 6.45) is 33.7. The number of aliphatic hydroxyl groups is 2. The van der Waals surface area contributed by atoms with Crippen molar-refractivity contribution in [1.82, 2.24) is 99.0 Å². The van der Waals surface area contributed by atoms with Gasteiger partial charge in [0.25, 0.3) is 0 Å². The molecule has 0 radical (unpaired) electrons. The third-order valence-electron chi connectivity index (χ3n) is 26.4. The molecule has 3 N–H and O–H groups in total. The topological polar surface area (TPSA) is 358 Å².